The van der Waals surface area contributed by atoms with Gasteiger partial charge in [0, 0.05) is 32.0 Å². The highest BCUT2D eigenvalue weighted by Gasteiger charge is 2.08. The van der Waals surface area contributed by atoms with Gasteiger partial charge < -0.3 is 10.6 Å². The molecule has 0 aromatic carbocycles. The van der Waals surface area contributed by atoms with Crippen molar-refractivity contribution < 1.29 is 0 Å². The highest BCUT2D eigenvalue weighted by Crippen LogP contribution is 2.05. The van der Waals surface area contributed by atoms with Crippen LogP contribution in [0.1, 0.15) is 31.9 Å². The van der Waals surface area contributed by atoms with Gasteiger partial charge in [0.2, 0.25) is 0 Å². The normalized spacial score (nSPS) is 12.8. The Balaban J connectivity index is 0.00000361. The van der Waals surface area contributed by atoms with Crippen LogP contribution in [0.15, 0.2) is 23.5 Å². The number of aliphatic imine (C=N–C) groups is 1. The summed E-state index contributed by atoms with van der Waals surface area (Å²) in [6, 6.07) is 2.48. The van der Waals surface area contributed by atoms with Gasteiger partial charge in [0.1, 0.15) is 0 Å². The van der Waals surface area contributed by atoms with E-state index in [9.17, 15) is 0 Å². The lowest BCUT2D eigenvalue weighted by Gasteiger charge is -2.20. The summed E-state index contributed by atoms with van der Waals surface area (Å²) in [6.45, 7) is 9.53. The highest BCUT2D eigenvalue weighted by atomic mass is 127. The van der Waals surface area contributed by atoms with Crippen LogP contribution < -0.4 is 10.6 Å². The quantitative estimate of drug-likeness (QED) is 0.462. The first-order valence-electron chi connectivity index (χ1n) is 6.91. The smallest absolute Gasteiger partial charge is 0.191 e. The van der Waals surface area contributed by atoms with Crippen molar-refractivity contribution in [2.24, 2.45) is 10.9 Å². The lowest BCUT2D eigenvalue weighted by atomic mass is 10.1. The molecule has 1 atom stereocenters. The Morgan fingerprint density at radius 3 is 2.60 bits per heavy atom. The van der Waals surface area contributed by atoms with Gasteiger partial charge in [-0.1, -0.05) is 13.8 Å². The van der Waals surface area contributed by atoms with Crippen LogP contribution in [0.25, 0.3) is 0 Å². The van der Waals surface area contributed by atoms with Crippen molar-refractivity contribution in [1.82, 2.24) is 15.6 Å². The van der Waals surface area contributed by atoms with E-state index in [4.69, 9.17) is 0 Å². The molecule has 0 amide bonds. The maximum Gasteiger partial charge on any atom is 0.191 e. The monoisotopic (exact) mass is 390 g/mol. The molecule has 1 rings (SSSR count). The predicted octanol–water partition coefficient (Wildman–Crippen LogP) is 2.76. The summed E-state index contributed by atoms with van der Waals surface area (Å²) in [5, 5.41) is 6.74. The van der Waals surface area contributed by atoms with Crippen molar-refractivity contribution in [1.29, 1.82) is 0 Å². The molecule has 20 heavy (non-hydrogen) atoms. The Morgan fingerprint density at radius 2 is 2.05 bits per heavy atom. The van der Waals surface area contributed by atoms with Crippen molar-refractivity contribution in [3.63, 3.8) is 0 Å². The molecule has 1 unspecified atom stereocenters. The summed E-state index contributed by atoms with van der Waals surface area (Å²) in [6.07, 6.45) is 4.73. The SMILES string of the molecule is CN=C(NCCc1ccncc1C)NC(C)C(C)C.I. The van der Waals surface area contributed by atoms with Crippen molar-refractivity contribution in [3.05, 3.63) is 29.6 Å². The summed E-state index contributed by atoms with van der Waals surface area (Å²) in [5.41, 5.74) is 2.57. The van der Waals surface area contributed by atoms with E-state index < -0.39 is 0 Å². The third kappa shape index (κ3) is 6.54. The topological polar surface area (TPSA) is 49.3 Å². The lowest BCUT2D eigenvalue weighted by Crippen LogP contribution is -2.44. The Labute approximate surface area is 139 Å². The molecule has 2 N–H and O–H groups in total. The van der Waals surface area contributed by atoms with Crippen molar-refractivity contribution in [2.75, 3.05) is 13.6 Å². The minimum Gasteiger partial charge on any atom is -0.356 e. The number of guanidine groups is 1. The van der Waals surface area contributed by atoms with Crippen LogP contribution in [-0.2, 0) is 6.42 Å². The van der Waals surface area contributed by atoms with E-state index in [-0.39, 0.29) is 24.0 Å². The number of nitrogens with one attached hydrogen (secondary N) is 2. The number of aryl methyl sites for hydroxylation is 1. The second-order valence-corrected chi connectivity index (χ2v) is 5.23. The second kappa shape index (κ2) is 9.96. The average molecular weight is 390 g/mol. The fourth-order valence-electron chi connectivity index (χ4n) is 1.68. The zero-order valence-corrected chi connectivity index (χ0v) is 15.4. The first kappa shape index (κ1) is 19.1. The van der Waals surface area contributed by atoms with Gasteiger partial charge >= 0.3 is 0 Å². The van der Waals surface area contributed by atoms with E-state index >= 15 is 0 Å². The molecule has 0 bridgehead atoms. The molecule has 0 spiro atoms. The molecule has 5 heteroatoms. The molecule has 4 nitrogen and oxygen atoms in total. The highest BCUT2D eigenvalue weighted by molar-refractivity contribution is 14.0. The third-order valence-electron chi connectivity index (χ3n) is 3.41. The Hall–Kier alpha value is -0.850. The van der Waals surface area contributed by atoms with Crippen LogP contribution >= 0.6 is 24.0 Å². The zero-order valence-electron chi connectivity index (χ0n) is 13.1. The summed E-state index contributed by atoms with van der Waals surface area (Å²) in [4.78, 5) is 8.35. The van der Waals surface area contributed by atoms with Crippen LogP contribution in [0.5, 0.6) is 0 Å². The number of halogens is 1. The molecular formula is C15H27IN4. The van der Waals surface area contributed by atoms with Crippen molar-refractivity contribution in [3.8, 4) is 0 Å². The maximum atomic E-state index is 4.25. The Morgan fingerprint density at radius 1 is 1.35 bits per heavy atom. The molecule has 0 aliphatic rings. The van der Waals surface area contributed by atoms with Gasteiger partial charge in [-0.3, -0.25) is 9.98 Å². The van der Waals surface area contributed by atoms with Gasteiger partial charge in [0.05, 0.1) is 0 Å². The molecule has 0 aliphatic heterocycles. The van der Waals surface area contributed by atoms with Crippen molar-refractivity contribution >= 4 is 29.9 Å². The van der Waals surface area contributed by atoms with Crippen LogP contribution in [0.3, 0.4) is 0 Å². The second-order valence-electron chi connectivity index (χ2n) is 5.23. The first-order chi connectivity index (χ1) is 9.04. The summed E-state index contributed by atoms with van der Waals surface area (Å²) in [5.74, 6) is 1.45. The number of nitrogens with zero attached hydrogens (tertiary/aromatic N) is 2. The van der Waals surface area contributed by atoms with Crippen LogP contribution in [-0.4, -0.2) is 30.6 Å². The molecule has 0 fully saturated rings. The molecule has 114 valence electrons. The van der Waals surface area contributed by atoms with Crippen LogP contribution in [0.4, 0.5) is 0 Å². The van der Waals surface area contributed by atoms with E-state index in [2.05, 4.69) is 54.4 Å². The molecular weight excluding hydrogens is 363 g/mol. The standard InChI is InChI=1S/C15H26N4.HI/c1-11(2)13(4)19-15(16-5)18-9-7-14-6-8-17-10-12(14)3;/h6,8,10-11,13H,7,9H2,1-5H3,(H2,16,18,19);1H. The molecule has 1 heterocycles. The van der Waals surface area contributed by atoms with Gasteiger partial charge in [0.15, 0.2) is 5.96 Å². The van der Waals surface area contributed by atoms with E-state index in [1.807, 2.05) is 12.4 Å². The molecule has 0 aliphatic carbocycles. The maximum absolute atomic E-state index is 4.25. The van der Waals surface area contributed by atoms with Gasteiger partial charge in [-0.05, 0) is 43.4 Å². The largest absolute Gasteiger partial charge is 0.356 e. The molecule has 1 aromatic rings. The number of pyridine rings is 1. The number of aromatic nitrogens is 1. The van der Waals surface area contributed by atoms with Gasteiger partial charge in [0.25, 0.3) is 0 Å². The number of hydrogen-bond donors (Lipinski definition) is 2. The number of hydrogen-bond acceptors (Lipinski definition) is 2. The predicted molar refractivity (Wildman–Crippen MR) is 96.9 cm³/mol. The fraction of sp³-hybridized carbons (Fsp3) is 0.600. The lowest BCUT2D eigenvalue weighted by molar-refractivity contribution is 0.481. The fourth-order valence-corrected chi connectivity index (χ4v) is 1.68. The van der Waals surface area contributed by atoms with Gasteiger partial charge in [-0.15, -0.1) is 24.0 Å². The Bertz CT molecular complexity index is 418. The molecule has 1 aromatic heterocycles. The molecule has 0 radical (unpaired) electrons. The molecule has 0 saturated heterocycles. The van der Waals surface area contributed by atoms with Gasteiger partial charge in [-0.25, -0.2) is 0 Å². The Kier molecular flexibility index (Phi) is 9.54. The average Bonchev–Trinajstić information content (AvgIpc) is 2.39. The van der Waals surface area contributed by atoms with Crippen LogP contribution in [0.2, 0.25) is 0 Å². The van der Waals surface area contributed by atoms with Crippen LogP contribution in [0, 0.1) is 12.8 Å². The first-order valence-corrected chi connectivity index (χ1v) is 6.91. The summed E-state index contributed by atoms with van der Waals surface area (Å²) < 4.78 is 0. The van der Waals surface area contributed by atoms with E-state index in [0.29, 0.717) is 12.0 Å². The third-order valence-corrected chi connectivity index (χ3v) is 3.41. The molecule has 0 saturated carbocycles. The zero-order chi connectivity index (χ0) is 14.3. The van der Waals surface area contributed by atoms with Crippen molar-refractivity contribution in [2.45, 2.75) is 40.2 Å². The minimum absolute atomic E-state index is 0. The minimum atomic E-state index is 0. The number of rotatable bonds is 5. The summed E-state index contributed by atoms with van der Waals surface area (Å²) >= 11 is 0. The van der Waals surface area contributed by atoms with E-state index in [0.717, 1.165) is 18.9 Å². The summed E-state index contributed by atoms with van der Waals surface area (Å²) in [7, 11) is 1.81. The van der Waals surface area contributed by atoms with E-state index in [1.54, 1.807) is 7.05 Å². The van der Waals surface area contributed by atoms with Gasteiger partial charge in [-0.2, -0.15) is 0 Å². The van der Waals surface area contributed by atoms with E-state index in [1.165, 1.54) is 11.1 Å².